The van der Waals surface area contributed by atoms with E-state index in [1.165, 1.54) is 27.5 Å². The summed E-state index contributed by atoms with van der Waals surface area (Å²) in [6.45, 7) is 3.15. The predicted octanol–water partition coefficient (Wildman–Crippen LogP) is 5.49. The number of hydrogen-bond acceptors (Lipinski definition) is 5. The van der Waals surface area contributed by atoms with E-state index in [4.69, 9.17) is 9.47 Å². The first-order chi connectivity index (χ1) is 16.7. The van der Waals surface area contributed by atoms with Crippen LogP contribution in [0.5, 0.6) is 11.5 Å². The standard InChI is InChI=1S/C29H29N3O2/c1-33-27-14-13-26(28(18-27)34-2)20-32-16-15-30-29(32)31-19-21-7-9-23(10-8-21)25-12-11-22-5-3-4-6-24(22)17-25/h3-14,17-18H,15-16,19-20H2,1-2H3,(H,30,31). The first kappa shape index (κ1) is 21.8. The lowest BCUT2D eigenvalue weighted by molar-refractivity contribution is 0.377. The third-order valence-corrected chi connectivity index (χ3v) is 6.27. The molecular weight excluding hydrogens is 422 g/mol. The number of guanidine groups is 1. The molecule has 0 saturated heterocycles. The number of ether oxygens (including phenoxy) is 2. The fraction of sp³-hybridized carbons (Fsp3) is 0.207. The molecule has 0 aliphatic carbocycles. The molecule has 5 rings (SSSR count). The number of hydrogen-bond donors (Lipinski definition) is 1. The van der Waals surface area contributed by atoms with Crippen molar-refractivity contribution < 1.29 is 9.47 Å². The average Bonchev–Trinajstić information content (AvgIpc) is 3.34. The van der Waals surface area contributed by atoms with E-state index < -0.39 is 0 Å². The zero-order chi connectivity index (χ0) is 23.3. The third kappa shape index (κ3) is 4.69. The zero-order valence-corrected chi connectivity index (χ0v) is 19.6. The maximum atomic E-state index is 5.57. The molecule has 0 atom stereocenters. The molecule has 5 heteroatoms. The quantitative estimate of drug-likeness (QED) is 0.404. The van der Waals surface area contributed by atoms with Crippen LogP contribution in [0.4, 0.5) is 0 Å². The van der Waals surface area contributed by atoms with Crippen molar-refractivity contribution in [1.82, 2.24) is 10.2 Å². The van der Waals surface area contributed by atoms with E-state index in [2.05, 4.69) is 88.0 Å². The van der Waals surface area contributed by atoms with Gasteiger partial charge in [0.25, 0.3) is 0 Å². The Morgan fingerprint density at radius 2 is 1.62 bits per heavy atom. The highest BCUT2D eigenvalue weighted by molar-refractivity contribution is 5.87. The monoisotopic (exact) mass is 451 g/mol. The minimum Gasteiger partial charge on any atom is -0.497 e. The number of nitrogens with zero attached hydrogens (tertiary/aromatic N) is 2. The molecule has 0 bridgehead atoms. The molecular formula is C29H29N3O2. The van der Waals surface area contributed by atoms with Crippen LogP contribution >= 0.6 is 0 Å². The van der Waals surface area contributed by atoms with Gasteiger partial charge in [0.15, 0.2) is 5.96 Å². The second-order valence-electron chi connectivity index (χ2n) is 8.42. The van der Waals surface area contributed by atoms with Crippen molar-refractivity contribution in [2.75, 3.05) is 27.3 Å². The predicted molar refractivity (Wildman–Crippen MR) is 138 cm³/mol. The van der Waals surface area contributed by atoms with Crippen LogP contribution in [0.1, 0.15) is 11.1 Å². The van der Waals surface area contributed by atoms with Crippen LogP contribution < -0.4 is 14.8 Å². The van der Waals surface area contributed by atoms with Crippen LogP contribution in [-0.2, 0) is 13.1 Å². The molecule has 1 heterocycles. The Morgan fingerprint density at radius 3 is 2.41 bits per heavy atom. The van der Waals surface area contributed by atoms with Gasteiger partial charge in [-0.3, -0.25) is 4.99 Å². The number of benzene rings is 4. The summed E-state index contributed by atoms with van der Waals surface area (Å²) in [5, 5.41) is 6.05. The Labute approximate surface area is 200 Å². The second-order valence-corrected chi connectivity index (χ2v) is 8.42. The Morgan fingerprint density at radius 1 is 0.824 bits per heavy atom. The summed E-state index contributed by atoms with van der Waals surface area (Å²) >= 11 is 0. The van der Waals surface area contributed by atoms with Crippen molar-refractivity contribution >= 4 is 16.7 Å². The zero-order valence-electron chi connectivity index (χ0n) is 19.6. The Kier molecular flexibility index (Phi) is 6.34. The Hall–Kier alpha value is -3.99. The van der Waals surface area contributed by atoms with Gasteiger partial charge in [0.05, 0.1) is 20.8 Å². The highest BCUT2D eigenvalue weighted by atomic mass is 16.5. The summed E-state index contributed by atoms with van der Waals surface area (Å²) in [5.41, 5.74) is 4.79. The summed E-state index contributed by atoms with van der Waals surface area (Å²) in [5.74, 6) is 2.55. The van der Waals surface area contributed by atoms with Crippen molar-refractivity contribution in [3.63, 3.8) is 0 Å². The van der Waals surface area contributed by atoms with Gasteiger partial charge in [-0.15, -0.1) is 0 Å². The molecule has 0 fully saturated rings. The number of nitrogens with one attached hydrogen (secondary N) is 1. The van der Waals surface area contributed by atoms with Gasteiger partial charge in [-0.05, 0) is 45.7 Å². The molecule has 34 heavy (non-hydrogen) atoms. The van der Waals surface area contributed by atoms with Crippen LogP contribution in [0.25, 0.3) is 21.9 Å². The van der Waals surface area contributed by atoms with Crippen LogP contribution in [0, 0.1) is 0 Å². The van der Waals surface area contributed by atoms with Gasteiger partial charge in [-0.25, -0.2) is 0 Å². The van der Waals surface area contributed by atoms with Gasteiger partial charge in [-0.1, -0.05) is 60.7 Å². The number of rotatable bonds is 7. The SMILES string of the molecule is COc1ccc(CN2CCN=C2NCc2ccc(-c3ccc4ccccc4c3)cc2)c(OC)c1. The molecule has 5 nitrogen and oxygen atoms in total. The molecule has 0 radical (unpaired) electrons. The lowest BCUT2D eigenvalue weighted by atomic mass is 10.0. The van der Waals surface area contributed by atoms with Crippen molar-refractivity contribution in [3.05, 3.63) is 96.1 Å². The molecule has 0 amide bonds. The molecule has 4 aromatic rings. The molecule has 172 valence electrons. The van der Waals surface area contributed by atoms with E-state index in [0.29, 0.717) is 0 Å². The van der Waals surface area contributed by atoms with Crippen molar-refractivity contribution in [3.8, 4) is 22.6 Å². The minimum absolute atomic E-state index is 0.729. The third-order valence-electron chi connectivity index (χ3n) is 6.27. The van der Waals surface area contributed by atoms with Gasteiger partial charge in [0.1, 0.15) is 11.5 Å². The molecule has 4 aromatic carbocycles. The summed E-state index contributed by atoms with van der Waals surface area (Å²) in [7, 11) is 3.36. The molecule has 0 saturated carbocycles. The van der Waals surface area contributed by atoms with Crippen molar-refractivity contribution in [1.29, 1.82) is 0 Å². The highest BCUT2D eigenvalue weighted by Crippen LogP contribution is 2.27. The van der Waals surface area contributed by atoms with E-state index in [-0.39, 0.29) is 0 Å². The molecule has 1 N–H and O–H groups in total. The lowest BCUT2D eigenvalue weighted by Gasteiger charge is -2.22. The summed E-state index contributed by atoms with van der Waals surface area (Å²) in [6.07, 6.45) is 0. The minimum atomic E-state index is 0.729. The number of aliphatic imine (C=N–C) groups is 1. The van der Waals surface area contributed by atoms with Crippen LogP contribution in [0.15, 0.2) is 89.9 Å². The van der Waals surface area contributed by atoms with Gasteiger partial charge in [0.2, 0.25) is 0 Å². The molecule has 1 aliphatic heterocycles. The highest BCUT2D eigenvalue weighted by Gasteiger charge is 2.19. The van der Waals surface area contributed by atoms with Gasteiger partial charge < -0.3 is 19.7 Å². The first-order valence-electron chi connectivity index (χ1n) is 11.6. The van der Waals surface area contributed by atoms with E-state index in [9.17, 15) is 0 Å². The smallest absolute Gasteiger partial charge is 0.194 e. The van der Waals surface area contributed by atoms with E-state index in [1.807, 2.05) is 12.1 Å². The maximum absolute atomic E-state index is 5.57. The lowest BCUT2D eigenvalue weighted by Crippen LogP contribution is -2.37. The summed E-state index contributed by atoms with van der Waals surface area (Å²) in [4.78, 5) is 6.94. The first-order valence-corrected chi connectivity index (χ1v) is 11.6. The molecule has 1 aliphatic rings. The van der Waals surface area contributed by atoms with Crippen molar-refractivity contribution in [2.24, 2.45) is 4.99 Å². The fourth-order valence-corrected chi connectivity index (χ4v) is 4.36. The average molecular weight is 452 g/mol. The van der Waals surface area contributed by atoms with E-state index >= 15 is 0 Å². The fourth-order valence-electron chi connectivity index (χ4n) is 4.36. The Balaban J connectivity index is 1.23. The molecule has 0 aromatic heterocycles. The number of methoxy groups -OCH3 is 2. The number of fused-ring (bicyclic) bond motifs is 1. The molecule has 0 unspecified atom stereocenters. The summed E-state index contributed by atoms with van der Waals surface area (Å²) < 4.78 is 10.9. The van der Waals surface area contributed by atoms with Gasteiger partial charge >= 0.3 is 0 Å². The van der Waals surface area contributed by atoms with E-state index in [1.54, 1.807) is 14.2 Å². The van der Waals surface area contributed by atoms with Crippen molar-refractivity contribution in [2.45, 2.75) is 13.1 Å². The van der Waals surface area contributed by atoms with Crippen LogP contribution in [0.2, 0.25) is 0 Å². The van der Waals surface area contributed by atoms with Crippen LogP contribution in [-0.4, -0.2) is 38.2 Å². The molecule has 0 spiro atoms. The topological polar surface area (TPSA) is 46.1 Å². The van der Waals surface area contributed by atoms with E-state index in [0.717, 1.165) is 49.2 Å². The van der Waals surface area contributed by atoms with Gasteiger partial charge in [0, 0.05) is 31.3 Å². The largest absolute Gasteiger partial charge is 0.497 e. The van der Waals surface area contributed by atoms with Gasteiger partial charge in [-0.2, -0.15) is 0 Å². The normalized spacial score (nSPS) is 13.1. The second kappa shape index (κ2) is 9.87. The Bertz CT molecular complexity index is 1310. The van der Waals surface area contributed by atoms with Crippen LogP contribution in [0.3, 0.4) is 0 Å². The maximum Gasteiger partial charge on any atom is 0.194 e. The summed E-state index contributed by atoms with van der Waals surface area (Å²) in [6, 6.07) is 29.8.